The summed E-state index contributed by atoms with van der Waals surface area (Å²) in [6.07, 6.45) is 0.447. The monoisotopic (exact) mass is 427 g/mol. The van der Waals surface area contributed by atoms with E-state index in [-0.39, 0.29) is 47.9 Å². The van der Waals surface area contributed by atoms with Gasteiger partial charge in [-0.3, -0.25) is 19.3 Å². The summed E-state index contributed by atoms with van der Waals surface area (Å²) in [6.45, 7) is 6.65. The van der Waals surface area contributed by atoms with E-state index in [4.69, 9.17) is 10.5 Å². The van der Waals surface area contributed by atoms with Crippen molar-refractivity contribution in [1.82, 2.24) is 4.90 Å². The number of hydrogen-bond acceptors (Lipinski definition) is 6. The van der Waals surface area contributed by atoms with Crippen molar-refractivity contribution in [3.8, 4) is 0 Å². The van der Waals surface area contributed by atoms with Gasteiger partial charge in [0.05, 0.1) is 18.4 Å². The SMILES string of the molecule is CCOC1CC(N)(C(=O)Nc2ccc(CN3C(=O)CSC3=O)cc2)C1(C)C.Cl. The Hall–Kier alpha value is -1.61. The lowest BCUT2D eigenvalue weighted by Gasteiger charge is -2.57. The minimum absolute atomic E-state index is 0. The molecule has 1 heterocycles. The van der Waals surface area contributed by atoms with Crippen LogP contribution in [0.5, 0.6) is 0 Å². The quantitative estimate of drug-likeness (QED) is 0.723. The van der Waals surface area contributed by atoms with E-state index in [9.17, 15) is 14.4 Å². The summed E-state index contributed by atoms with van der Waals surface area (Å²) in [5.41, 5.74) is 6.38. The van der Waals surface area contributed by atoms with Crippen LogP contribution in [0.25, 0.3) is 0 Å². The molecular weight excluding hydrogens is 402 g/mol. The summed E-state index contributed by atoms with van der Waals surface area (Å²) in [6, 6.07) is 7.08. The number of thioether (sulfide) groups is 1. The smallest absolute Gasteiger partial charge is 0.289 e. The lowest BCUT2D eigenvalue weighted by atomic mass is 9.54. The van der Waals surface area contributed by atoms with Crippen molar-refractivity contribution in [2.24, 2.45) is 11.1 Å². The first-order valence-corrected chi connectivity index (χ1v) is 9.95. The van der Waals surface area contributed by atoms with Gasteiger partial charge in [-0.1, -0.05) is 37.7 Å². The fourth-order valence-electron chi connectivity index (χ4n) is 3.47. The molecule has 2 fully saturated rings. The zero-order valence-electron chi connectivity index (χ0n) is 16.2. The molecule has 1 aliphatic heterocycles. The molecule has 3 N–H and O–H groups in total. The summed E-state index contributed by atoms with van der Waals surface area (Å²) >= 11 is 1.02. The van der Waals surface area contributed by atoms with Crippen molar-refractivity contribution in [2.45, 2.75) is 45.4 Å². The Kier molecular flexibility index (Phi) is 6.81. The molecule has 1 aromatic rings. The maximum atomic E-state index is 12.7. The van der Waals surface area contributed by atoms with Gasteiger partial charge < -0.3 is 15.8 Å². The molecule has 154 valence electrons. The Morgan fingerprint density at radius 3 is 2.46 bits per heavy atom. The predicted octanol–water partition coefficient (Wildman–Crippen LogP) is 2.77. The predicted molar refractivity (Wildman–Crippen MR) is 111 cm³/mol. The number of rotatable bonds is 6. The van der Waals surface area contributed by atoms with Gasteiger partial charge in [0.2, 0.25) is 11.8 Å². The van der Waals surface area contributed by atoms with Crippen LogP contribution in [-0.2, 0) is 20.9 Å². The highest BCUT2D eigenvalue weighted by atomic mass is 35.5. The van der Waals surface area contributed by atoms with Crippen molar-refractivity contribution < 1.29 is 19.1 Å². The highest BCUT2D eigenvalue weighted by Crippen LogP contribution is 2.50. The van der Waals surface area contributed by atoms with Crippen molar-refractivity contribution in [2.75, 3.05) is 17.7 Å². The second kappa shape index (κ2) is 8.41. The average molecular weight is 428 g/mol. The minimum atomic E-state index is -0.989. The number of ether oxygens (including phenoxy) is 1. The van der Waals surface area contributed by atoms with Gasteiger partial charge >= 0.3 is 0 Å². The van der Waals surface area contributed by atoms with Gasteiger partial charge in [-0.25, -0.2) is 0 Å². The summed E-state index contributed by atoms with van der Waals surface area (Å²) in [7, 11) is 0. The number of hydrogen-bond donors (Lipinski definition) is 2. The number of carbonyl (C=O) groups is 3. The molecule has 0 aromatic heterocycles. The molecule has 2 unspecified atom stereocenters. The number of halogens is 1. The van der Waals surface area contributed by atoms with E-state index in [1.54, 1.807) is 24.3 Å². The van der Waals surface area contributed by atoms with Crippen molar-refractivity contribution in [3.05, 3.63) is 29.8 Å². The fourth-order valence-corrected chi connectivity index (χ4v) is 4.20. The molecule has 9 heteroatoms. The number of benzene rings is 1. The lowest BCUT2D eigenvalue weighted by molar-refractivity contribution is -0.166. The number of imide groups is 1. The maximum Gasteiger partial charge on any atom is 0.289 e. The van der Waals surface area contributed by atoms with Crippen LogP contribution in [0, 0.1) is 5.41 Å². The molecule has 0 bridgehead atoms. The van der Waals surface area contributed by atoms with Crippen LogP contribution in [0.4, 0.5) is 10.5 Å². The molecule has 0 radical (unpaired) electrons. The molecule has 3 rings (SSSR count). The van der Waals surface area contributed by atoms with Crippen LogP contribution in [0.3, 0.4) is 0 Å². The van der Waals surface area contributed by atoms with E-state index in [1.165, 1.54) is 4.90 Å². The molecule has 3 amide bonds. The third-order valence-corrected chi connectivity index (χ3v) is 6.49. The minimum Gasteiger partial charge on any atom is -0.378 e. The van der Waals surface area contributed by atoms with Crippen LogP contribution in [0.1, 0.15) is 32.8 Å². The first-order valence-electron chi connectivity index (χ1n) is 8.97. The molecule has 0 spiro atoms. The molecule has 1 saturated heterocycles. The Labute approximate surface area is 175 Å². The third-order valence-electron chi connectivity index (χ3n) is 5.63. The van der Waals surface area contributed by atoms with Gasteiger partial charge in [0.25, 0.3) is 5.24 Å². The van der Waals surface area contributed by atoms with Gasteiger partial charge in [-0.15, -0.1) is 12.4 Å². The van der Waals surface area contributed by atoms with E-state index in [2.05, 4.69) is 5.32 Å². The molecule has 1 aliphatic carbocycles. The number of carbonyl (C=O) groups excluding carboxylic acids is 3. The van der Waals surface area contributed by atoms with Crippen LogP contribution >= 0.6 is 24.2 Å². The van der Waals surface area contributed by atoms with Crippen molar-refractivity contribution in [1.29, 1.82) is 0 Å². The van der Waals surface area contributed by atoms with Gasteiger partial charge in [-0.2, -0.15) is 0 Å². The topological polar surface area (TPSA) is 102 Å². The van der Waals surface area contributed by atoms with E-state index in [0.29, 0.717) is 18.7 Å². The first kappa shape index (κ1) is 22.7. The second-order valence-electron chi connectivity index (χ2n) is 7.53. The molecule has 2 aliphatic rings. The van der Waals surface area contributed by atoms with Gasteiger partial charge in [0.15, 0.2) is 0 Å². The summed E-state index contributed by atoms with van der Waals surface area (Å²) < 4.78 is 5.66. The van der Waals surface area contributed by atoms with E-state index in [1.807, 2.05) is 20.8 Å². The van der Waals surface area contributed by atoms with Crippen molar-refractivity contribution >= 4 is 46.9 Å². The zero-order valence-corrected chi connectivity index (χ0v) is 17.8. The second-order valence-corrected chi connectivity index (χ2v) is 8.45. The highest BCUT2D eigenvalue weighted by Gasteiger charge is 2.62. The first-order chi connectivity index (χ1) is 12.7. The summed E-state index contributed by atoms with van der Waals surface area (Å²) in [5, 5.41) is 2.65. The maximum absolute atomic E-state index is 12.7. The number of nitrogens with one attached hydrogen (secondary N) is 1. The number of amides is 3. The zero-order chi connectivity index (χ0) is 19.8. The largest absolute Gasteiger partial charge is 0.378 e. The molecule has 1 aromatic carbocycles. The number of anilines is 1. The standard InChI is InChI=1S/C19H25N3O4S.ClH/c1-4-26-14-9-19(20,18(14,2)3)16(24)21-13-7-5-12(6-8-13)10-22-15(23)11-27-17(22)25;/h5-8,14H,4,9-11,20H2,1-3H3,(H,21,24);1H. The summed E-state index contributed by atoms with van der Waals surface area (Å²) in [4.78, 5) is 37.3. The van der Waals surface area contributed by atoms with Gasteiger partial charge in [0.1, 0.15) is 5.54 Å². The highest BCUT2D eigenvalue weighted by molar-refractivity contribution is 8.14. The Balaban J connectivity index is 0.00000280. The van der Waals surface area contributed by atoms with Crippen LogP contribution < -0.4 is 11.1 Å². The van der Waals surface area contributed by atoms with Gasteiger partial charge in [-0.05, 0) is 24.6 Å². The normalized spacial score (nSPS) is 25.9. The summed E-state index contributed by atoms with van der Waals surface area (Å²) in [5.74, 6) is -0.217. The number of nitrogens with two attached hydrogens (primary N) is 1. The van der Waals surface area contributed by atoms with Crippen LogP contribution in [0.2, 0.25) is 0 Å². The fraction of sp³-hybridized carbons (Fsp3) is 0.526. The lowest BCUT2D eigenvalue weighted by Crippen LogP contribution is -2.74. The van der Waals surface area contributed by atoms with E-state index < -0.39 is 11.0 Å². The molecule has 2 atom stereocenters. The molecule has 7 nitrogen and oxygen atoms in total. The Bertz CT molecular complexity index is 755. The van der Waals surface area contributed by atoms with Crippen molar-refractivity contribution in [3.63, 3.8) is 0 Å². The number of nitrogens with zero attached hydrogens (tertiary/aromatic N) is 1. The van der Waals surface area contributed by atoms with Crippen LogP contribution in [-0.4, -0.2) is 46.0 Å². The molecule has 1 saturated carbocycles. The van der Waals surface area contributed by atoms with E-state index >= 15 is 0 Å². The molecular formula is C19H26ClN3O4S. The average Bonchev–Trinajstić information content (AvgIpc) is 2.94. The Morgan fingerprint density at radius 1 is 1.32 bits per heavy atom. The van der Waals surface area contributed by atoms with Crippen LogP contribution in [0.15, 0.2) is 24.3 Å². The van der Waals surface area contributed by atoms with Gasteiger partial charge in [0, 0.05) is 24.1 Å². The van der Waals surface area contributed by atoms with E-state index in [0.717, 1.165) is 17.3 Å². The molecule has 28 heavy (non-hydrogen) atoms. The third kappa shape index (κ3) is 3.91. The Morgan fingerprint density at radius 2 is 1.96 bits per heavy atom.